The van der Waals surface area contributed by atoms with Crippen LogP contribution in [0, 0.1) is 6.92 Å². The van der Waals surface area contributed by atoms with Crippen LogP contribution in [0.15, 0.2) is 64.5 Å². The number of hydrogen-bond acceptors (Lipinski definition) is 4. The van der Waals surface area contributed by atoms with E-state index in [0.29, 0.717) is 11.3 Å². The molecule has 0 amide bonds. The predicted octanol–water partition coefficient (Wildman–Crippen LogP) is 4.72. The van der Waals surface area contributed by atoms with Gasteiger partial charge in [-0.05, 0) is 50.3 Å². The third kappa shape index (κ3) is 5.19. The van der Waals surface area contributed by atoms with Gasteiger partial charge in [0.15, 0.2) is 11.8 Å². The number of nitrogens with zero attached hydrogens (tertiary/aromatic N) is 1. The van der Waals surface area contributed by atoms with Crippen molar-refractivity contribution in [3.8, 4) is 0 Å². The lowest BCUT2D eigenvalue weighted by molar-refractivity contribution is 0.205. The summed E-state index contributed by atoms with van der Waals surface area (Å²) in [6.07, 6.45) is 7.03. The van der Waals surface area contributed by atoms with Crippen molar-refractivity contribution in [2.75, 3.05) is 0 Å². The summed E-state index contributed by atoms with van der Waals surface area (Å²) in [7, 11) is -3.51. The Labute approximate surface area is 162 Å². The van der Waals surface area contributed by atoms with E-state index in [-0.39, 0.29) is 6.10 Å². The molecule has 1 aliphatic heterocycles. The summed E-state index contributed by atoms with van der Waals surface area (Å²) in [5.74, 6) is 0. The number of unbranched alkanes of at least 4 members (excludes halogenated alkanes) is 3. The van der Waals surface area contributed by atoms with Crippen molar-refractivity contribution in [1.82, 2.24) is 0 Å². The number of sulfone groups is 1. The summed E-state index contributed by atoms with van der Waals surface area (Å²) in [6, 6.07) is 17.4. The molecule has 0 radical (unpaired) electrons. The molecule has 0 saturated carbocycles. The average molecular weight is 386 g/mol. The molecule has 0 fully saturated rings. The van der Waals surface area contributed by atoms with E-state index in [2.05, 4.69) is 29.3 Å². The molecule has 0 aliphatic carbocycles. The topological polar surface area (TPSA) is 55.7 Å². The minimum Gasteiger partial charge on any atom is -0.477 e. The Kier molecular flexibility index (Phi) is 6.67. The van der Waals surface area contributed by atoms with E-state index >= 15 is 0 Å². The SMILES string of the molecule is Cc1ccc(S(=O)(=O)[C@@H]2N=CO[C@H]2CCCCCCc2ccccc2)cc1. The van der Waals surface area contributed by atoms with Gasteiger partial charge in [-0.25, -0.2) is 13.4 Å². The fourth-order valence-corrected chi connectivity index (χ4v) is 4.97. The molecule has 2 aromatic rings. The average Bonchev–Trinajstić information content (AvgIpc) is 3.15. The summed E-state index contributed by atoms with van der Waals surface area (Å²) in [6.45, 7) is 1.94. The van der Waals surface area contributed by atoms with Crippen LogP contribution in [0.5, 0.6) is 0 Å². The molecule has 2 aromatic carbocycles. The molecule has 2 atom stereocenters. The van der Waals surface area contributed by atoms with Crippen LogP contribution in [0.3, 0.4) is 0 Å². The maximum atomic E-state index is 12.9. The van der Waals surface area contributed by atoms with Crippen LogP contribution >= 0.6 is 0 Å². The van der Waals surface area contributed by atoms with E-state index in [1.807, 2.05) is 25.1 Å². The van der Waals surface area contributed by atoms with Crippen LogP contribution in [0.1, 0.15) is 43.2 Å². The Bertz CT molecular complexity index is 845. The zero-order valence-electron chi connectivity index (χ0n) is 15.8. The second kappa shape index (κ2) is 9.18. The van der Waals surface area contributed by atoms with Crippen LogP contribution in [0.2, 0.25) is 0 Å². The van der Waals surface area contributed by atoms with Crippen LogP contribution in [0.4, 0.5) is 0 Å². The maximum Gasteiger partial charge on any atom is 0.205 e. The van der Waals surface area contributed by atoms with E-state index in [0.717, 1.165) is 37.7 Å². The van der Waals surface area contributed by atoms with Gasteiger partial charge in [-0.2, -0.15) is 0 Å². The van der Waals surface area contributed by atoms with E-state index in [9.17, 15) is 8.42 Å². The van der Waals surface area contributed by atoms with Crippen LogP contribution in [-0.4, -0.2) is 26.3 Å². The van der Waals surface area contributed by atoms with Crippen molar-refractivity contribution in [2.45, 2.75) is 61.8 Å². The van der Waals surface area contributed by atoms with Gasteiger partial charge in [0.25, 0.3) is 0 Å². The second-order valence-electron chi connectivity index (χ2n) is 7.12. The molecule has 3 rings (SSSR count). The third-order valence-electron chi connectivity index (χ3n) is 4.98. The quantitative estimate of drug-likeness (QED) is 0.587. The van der Waals surface area contributed by atoms with Gasteiger partial charge in [-0.3, -0.25) is 0 Å². The molecule has 0 unspecified atom stereocenters. The van der Waals surface area contributed by atoms with E-state index in [4.69, 9.17) is 4.74 Å². The van der Waals surface area contributed by atoms with Crippen molar-refractivity contribution in [1.29, 1.82) is 0 Å². The van der Waals surface area contributed by atoms with Gasteiger partial charge >= 0.3 is 0 Å². The van der Waals surface area contributed by atoms with Crippen molar-refractivity contribution in [3.63, 3.8) is 0 Å². The van der Waals surface area contributed by atoms with Crippen LogP contribution in [0.25, 0.3) is 0 Å². The van der Waals surface area contributed by atoms with Crippen LogP contribution < -0.4 is 0 Å². The highest BCUT2D eigenvalue weighted by Crippen LogP contribution is 2.27. The largest absolute Gasteiger partial charge is 0.477 e. The molecule has 1 heterocycles. The van der Waals surface area contributed by atoms with E-state index in [1.165, 1.54) is 12.0 Å². The monoisotopic (exact) mass is 385 g/mol. The van der Waals surface area contributed by atoms with E-state index in [1.54, 1.807) is 12.1 Å². The molecule has 0 bridgehead atoms. The van der Waals surface area contributed by atoms with Crippen molar-refractivity contribution in [3.05, 3.63) is 65.7 Å². The lowest BCUT2D eigenvalue weighted by atomic mass is 10.0. The Morgan fingerprint density at radius 2 is 1.63 bits per heavy atom. The highest BCUT2D eigenvalue weighted by Gasteiger charge is 2.38. The number of aryl methyl sites for hydroxylation is 2. The zero-order valence-corrected chi connectivity index (χ0v) is 16.6. The molecule has 0 saturated heterocycles. The molecule has 0 N–H and O–H groups in total. The van der Waals surface area contributed by atoms with Gasteiger partial charge < -0.3 is 4.74 Å². The number of aliphatic imine (C=N–C) groups is 1. The molecule has 5 heteroatoms. The summed E-state index contributed by atoms with van der Waals surface area (Å²) in [5.41, 5.74) is 2.40. The van der Waals surface area contributed by atoms with Gasteiger partial charge in [-0.1, -0.05) is 60.9 Å². The highest BCUT2D eigenvalue weighted by atomic mass is 32.2. The minimum atomic E-state index is -3.51. The molecule has 0 aromatic heterocycles. The van der Waals surface area contributed by atoms with E-state index < -0.39 is 15.2 Å². The summed E-state index contributed by atoms with van der Waals surface area (Å²) >= 11 is 0. The fraction of sp³-hybridized carbons (Fsp3) is 0.409. The second-order valence-corrected chi connectivity index (χ2v) is 9.16. The molecular weight excluding hydrogens is 358 g/mol. The first-order valence-corrected chi connectivity index (χ1v) is 11.1. The van der Waals surface area contributed by atoms with Crippen molar-refractivity contribution < 1.29 is 13.2 Å². The summed E-state index contributed by atoms with van der Waals surface area (Å²) in [5, 5.41) is -0.829. The molecule has 27 heavy (non-hydrogen) atoms. The van der Waals surface area contributed by atoms with Gasteiger partial charge in [0, 0.05) is 0 Å². The number of ether oxygens (including phenoxy) is 1. The number of benzene rings is 2. The third-order valence-corrected chi connectivity index (χ3v) is 6.97. The smallest absolute Gasteiger partial charge is 0.205 e. The first-order valence-electron chi connectivity index (χ1n) is 9.59. The lowest BCUT2D eigenvalue weighted by Gasteiger charge is -2.17. The minimum absolute atomic E-state index is 0.314. The molecule has 0 spiro atoms. The van der Waals surface area contributed by atoms with Gasteiger partial charge in [0.2, 0.25) is 9.84 Å². The lowest BCUT2D eigenvalue weighted by Crippen LogP contribution is -2.30. The zero-order chi connectivity index (χ0) is 19.1. The first kappa shape index (κ1) is 19.6. The van der Waals surface area contributed by atoms with Crippen molar-refractivity contribution in [2.24, 2.45) is 4.99 Å². The Morgan fingerprint density at radius 3 is 2.37 bits per heavy atom. The van der Waals surface area contributed by atoms with Crippen LogP contribution in [-0.2, 0) is 21.0 Å². The Hall–Kier alpha value is -2.14. The Balaban J connectivity index is 1.45. The molecule has 1 aliphatic rings. The predicted molar refractivity (Wildman–Crippen MR) is 109 cm³/mol. The summed E-state index contributed by atoms with van der Waals surface area (Å²) in [4.78, 5) is 4.42. The highest BCUT2D eigenvalue weighted by molar-refractivity contribution is 7.92. The fourth-order valence-electron chi connectivity index (χ4n) is 3.37. The van der Waals surface area contributed by atoms with Gasteiger partial charge in [0.05, 0.1) is 4.90 Å². The maximum absolute atomic E-state index is 12.9. The van der Waals surface area contributed by atoms with Gasteiger partial charge in [0.1, 0.15) is 6.10 Å². The first-order chi connectivity index (χ1) is 13.1. The number of hydrogen-bond donors (Lipinski definition) is 0. The van der Waals surface area contributed by atoms with Crippen molar-refractivity contribution >= 4 is 16.2 Å². The number of rotatable bonds is 9. The normalized spacial score (nSPS) is 19.1. The molecule has 4 nitrogen and oxygen atoms in total. The molecule has 144 valence electrons. The molecular formula is C22H27NO3S. The van der Waals surface area contributed by atoms with Gasteiger partial charge in [-0.15, -0.1) is 0 Å². The summed E-state index contributed by atoms with van der Waals surface area (Å²) < 4.78 is 31.2. The Morgan fingerprint density at radius 1 is 0.926 bits per heavy atom. The standard InChI is InChI=1S/C22H27NO3S/c1-18-13-15-20(16-14-18)27(24,25)22-21(26-17-23-22)12-8-3-2-5-9-19-10-6-4-7-11-19/h4,6-7,10-11,13-17,21-22H,2-3,5,8-9,12H2,1H3/t21-,22-/m0/s1.